The van der Waals surface area contributed by atoms with E-state index in [9.17, 15) is 14.7 Å². The second-order valence-corrected chi connectivity index (χ2v) is 5.79. The summed E-state index contributed by atoms with van der Waals surface area (Å²) in [6.45, 7) is 2.88. The van der Waals surface area contributed by atoms with Crippen molar-refractivity contribution in [1.29, 1.82) is 0 Å². The zero-order valence-electron chi connectivity index (χ0n) is 12.9. The molecule has 1 heterocycles. The number of benzene rings is 1. The molecular formula is C16H20ClNO5. The lowest BCUT2D eigenvalue weighted by Crippen LogP contribution is -2.57. The number of carboxylic acid groups (broad SMARTS) is 1. The van der Waals surface area contributed by atoms with Crippen LogP contribution in [-0.2, 0) is 20.7 Å². The van der Waals surface area contributed by atoms with Gasteiger partial charge in [-0.25, -0.2) is 4.79 Å². The molecule has 1 saturated heterocycles. The minimum atomic E-state index is -1.26. The van der Waals surface area contributed by atoms with Crippen molar-refractivity contribution < 1.29 is 24.2 Å². The molecule has 0 radical (unpaired) electrons. The van der Waals surface area contributed by atoms with Crippen molar-refractivity contribution in [3.8, 4) is 5.75 Å². The van der Waals surface area contributed by atoms with Gasteiger partial charge in [0, 0.05) is 31.6 Å². The van der Waals surface area contributed by atoms with Crippen molar-refractivity contribution in [1.82, 2.24) is 5.32 Å². The van der Waals surface area contributed by atoms with Gasteiger partial charge in [0.25, 0.3) is 0 Å². The number of ether oxygens (including phenoxy) is 2. The second-order valence-electron chi connectivity index (χ2n) is 5.39. The van der Waals surface area contributed by atoms with E-state index in [1.807, 2.05) is 6.92 Å². The number of carbonyl (C=O) groups is 2. The van der Waals surface area contributed by atoms with E-state index < -0.39 is 11.5 Å². The highest BCUT2D eigenvalue weighted by atomic mass is 35.5. The van der Waals surface area contributed by atoms with Crippen LogP contribution in [0.5, 0.6) is 5.75 Å². The van der Waals surface area contributed by atoms with Crippen molar-refractivity contribution in [2.45, 2.75) is 31.7 Å². The first-order chi connectivity index (χ1) is 11.0. The summed E-state index contributed by atoms with van der Waals surface area (Å²) in [6.07, 6.45) is 0.510. The summed E-state index contributed by atoms with van der Waals surface area (Å²) in [7, 11) is 0. The first kappa shape index (κ1) is 17.6. The Hall–Kier alpha value is -1.79. The number of rotatable bonds is 6. The maximum atomic E-state index is 12.3. The Kier molecular flexibility index (Phi) is 5.85. The Balaban J connectivity index is 2.13. The fraction of sp³-hybridized carbons (Fsp3) is 0.500. The lowest BCUT2D eigenvalue weighted by molar-refractivity contribution is -0.152. The Morgan fingerprint density at radius 3 is 2.70 bits per heavy atom. The number of carbonyl (C=O) groups excluding carboxylic acids is 1. The molecule has 1 aromatic carbocycles. The predicted octanol–water partition coefficient (Wildman–Crippen LogP) is 2.03. The van der Waals surface area contributed by atoms with Gasteiger partial charge in [0.05, 0.1) is 18.1 Å². The number of nitrogens with one attached hydrogen (secondary N) is 1. The van der Waals surface area contributed by atoms with Gasteiger partial charge in [0.2, 0.25) is 5.91 Å². The largest absolute Gasteiger partial charge is 0.492 e. The SMILES string of the molecule is CCOc1c(Cl)cccc1CC(=O)NC1(C(=O)O)CCOCC1. The van der Waals surface area contributed by atoms with E-state index in [0.29, 0.717) is 36.2 Å². The van der Waals surface area contributed by atoms with Gasteiger partial charge in [-0.05, 0) is 13.0 Å². The van der Waals surface area contributed by atoms with E-state index in [1.165, 1.54) is 0 Å². The predicted molar refractivity (Wildman–Crippen MR) is 84.9 cm³/mol. The Bertz CT molecular complexity index is 584. The maximum Gasteiger partial charge on any atom is 0.329 e. The molecule has 7 heteroatoms. The summed E-state index contributed by atoms with van der Waals surface area (Å²) in [5.74, 6) is -0.953. The van der Waals surface area contributed by atoms with Crippen LogP contribution in [0.3, 0.4) is 0 Å². The molecule has 1 aromatic rings. The fourth-order valence-electron chi connectivity index (χ4n) is 2.59. The van der Waals surface area contributed by atoms with Gasteiger partial charge in [0.1, 0.15) is 11.3 Å². The Morgan fingerprint density at radius 2 is 2.09 bits per heavy atom. The van der Waals surface area contributed by atoms with Crippen LogP contribution >= 0.6 is 11.6 Å². The molecule has 0 bridgehead atoms. The number of carboxylic acids is 1. The molecule has 1 amide bonds. The van der Waals surface area contributed by atoms with Crippen molar-refractivity contribution >= 4 is 23.5 Å². The number of aliphatic carboxylic acids is 1. The molecule has 6 nitrogen and oxygen atoms in total. The van der Waals surface area contributed by atoms with E-state index in [-0.39, 0.29) is 25.2 Å². The van der Waals surface area contributed by atoms with Gasteiger partial charge < -0.3 is 19.9 Å². The Morgan fingerprint density at radius 1 is 1.39 bits per heavy atom. The zero-order valence-corrected chi connectivity index (χ0v) is 13.7. The van der Waals surface area contributed by atoms with E-state index >= 15 is 0 Å². The van der Waals surface area contributed by atoms with Crippen LogP contribution in [0.1, 0.15) is 25.3 Å². The molecule has 0 atom stereocenters. The summed E-state index contributed by atoms with van der Waals surface area (Å²) in [4.78, 5) is 23.9. The van der Waals surface area contributed by atoms with Crippen LogP contribution in [0.2, 0.25) is 5.02 Å². The van der Waals surface area contributed by atoms with Crippen molar-refractivity contribution in [3.63, 3.8) is 0 Å². The summed E-state index contributed by atoms with van der Waals surface area (Å²) >= 11 is 6.09. The third-order valence-corrected chi connectivity index (χ3v) is 4.12. The topological polar surface area (TPSA) is 84.9 Å². The van der Waals surface area contributed by atoms with Gasteiger partial charge in [-0.1, -0.05) is 23.7 Å². The van der Waals surface area contributed by atoms with Crippen LogP contribution in [0.25, 0.3) is 0 Å². The molecule has 2 rings (SSSR count). The quantitative estimate of drug-likeness (QED) is 0.827. The smallest absolute Gasteiger partial charge is 0.329 e. The minimum Gasteiger partial charge on any atom is -0.492 e. The maximum absolute atomic E-state index is 12.3. The Labute approximate surface area is 139 Å². The molecule has 1 aliphatic rings. The zero-order chi connectivity index (χ0) is 16.9. The van der Waals surface area contributed by atoms with Gasteiger partial charge in [-0.2, -0.15) is 0 Å². The van der Waals surface area contributed by atoms with Crippen molar-refractivity contribution in [3.05, 3.63) is 28.8 Å². The molecule has 0 aliphatic carbocycles. The number of hydrogen-bond acceptors (Lipinski definition) is 4. The van der Waals surface area contributed by atoms with Gasteiger partial charge >= 0.3 is 5.97 Å². The minimum absolute atomic E-state index is 0.00573. The van der Waals surface area contributed by atoms with Crippen LogP contribution in [-0.4, -0.2) is 42.3 Å². The average Bonchev–Trinajstić information content (AvgIpc) is 2.51. The van der Waals surface area contributed by atoms with Crippen LogP contribution in [0.4, 0.5) is 0 Å². The van der Waals surface area contributed by atoms with Crippen molar-refractivity contribution in [2.24, 2.45) is 0 Å². The van der Waals surface area contributed by atoms with Crippen LogP contribution < -0.4 is 10.1 Å². The first-order valence-corrected chi connectivity index (χ1v) is 7.88. The highest BCUT2D eigenvalue weighted by Gasteiger charge is 2.41. The summed E-state index contributed by atoms with van der Waals surface area (Å²) < 4.78 is 10.7. The lowest BCUT2D eigenvalue weighted by atomic mass is 9.89. The van der Waals surface area contributed by atoms with Crippen molar-refractivity contribution in [2.75, 3.05) is 19.8 Å². The number of amides is 1. The average molecular weight is 342 g/mol. The second kappa shape index (κ2) is 7.66. The van der Waals surface area contributed by atoms with E-state index in [0.717, 1.165) is 0 Å². The molecule has 2 N–H and O–H groups in total. The normalized spacial score (nSPS) is 16.6. The molecule has 126 valence electrons. The van der Waals surface area contributed by atoms with E-state index in [4.69, 9.17) is 21.1 Å². The molecule has 1 aliphatic heterocycles. The molecule has 23 heavy (non-hydrogen) atoms. The van der Waals surface area contributed by atoms with E-state index in [1.54, 1.807) is 18.2 Å². The monoisotopic (exact) mass is 341 g/mol. The van der Waals surface area contributed by atoms with Gasteiger partial charge in [0.15, 0.2) is 0 Å². The number of hydrogen-bond donors (Lipinski definition) is 2. The fourth-order valence-corrected chi connectivity index (χ4v) is 2.84. The summed E-state index contributed by atoms with van der Waals surface area (Å²) in [6, 6.07) is 5.16. The third-order valence-electron chi connectivity index (χ3n) is 3.82. The number of halogens is 1. The van der Waals surface area contributed by atoms with Gasteiger partial charge in [-0.15, -0.1) is 0 Å². The van der Waals surface area contributed by atoms with E-state index in [2.05, 4.69) is 5.32 Å². The first-order valence-electron chi connectivity index (χ1n) is 7.51. The summed E-state index contributed by atoms with van der Waals surface area (Å²) in [5.41, 5.74) is -0.635. The highest BCUT2D eigenvalue weighted by molar-refractivity contribution is 6.32. The third kappa shape index (κ3) is 4.14. The lowest BCUT2D eigenvalue weighted by Gasteiger charge is -2.34. The molecular weight excluding hydrogens is 322 g/mol. The summed E-state index contributed by atoms with van der Waals surface area (Å²) in [5, 5.41) is 12.5. The van der Waals surface area contributed by atoms with Gasteiger partial charge in [-0.3, -0.25) is 4.79 Å². The molecule has 1 fully saturated rings. The molecule has 0 aromatic heterocycles. The van der Waals surface area contributed by atoms with Crippen LogP contribution in [0.15, 0.2) is 18.2 Å². The van der Waals surface area contributed by atoms with Crippen LogP contribution in [0, 0.1) is 0 Å². The molecule has 0 saturated carbocycles. The number of para-hydroxylation sites is 1. The standard InChI is InChI=1S/C16H20ClNO5/c1-2-23-14-11(4-3-5-12(14)17)10-13(19)18-16(15(20)21)6-8-22-9-7-16/h3-5H,2,6-10H2,1H3,(H,18,19)(H,20,21). The molecule has 0 spiro atoms. The molecule has 0 unspecified atom stereocenters. The highest BCUT2D eigenvalue weighted by Crippen LogP contribution is 2.29.